The Labute approximate surface area is 109 Å². The fourth-order valence-corrected chi connectivity index (χ4v) is 1.82. The molecule has 1 aromatic carbocycles. The Morgan fingerprint density at radius 1 is 1.12 bits per heavy atom. The second-order valence-electron chi connectivity index (χ2n) is 3.62. The third-order valence-electron chi connectivity index (χ3n) is 2.27. The van der Waals surface area contributed by atoms with Gasteiger partial charge in [0.15, 0.2) is 0 Å². The molecule has 1 aromatic heterocycles. The topological polar surface area (TPSA) is 34.0 Å². The summed E-state index contributed by atoms with van der Waals surface area (Å²) in [7, 11) is 1.65. The maximum Gasteiger partial charge on any atom is 0.269 e. The van der Waals surface area contributed by atoms with Crippen LogP contribution in [0.1, 0.15) is 0 Å². The zero-order chi connectivity index (χ0) is 12.4. The molecule has 0 aliphatic heterocycles. The summed E-state index contributed by atoms with van der Waals surface area (Å²) < 4.78 is 1.43. The van der Waals surface area contributed by atoms with Gasteiger partial charge < -0.3 is 9.88 Å². The van der Waals surface area contributed by atoms with Crippen molar-refractivity contribution in [3.8, 4) is 0 Å². The number of benzene rings is 1. The van der Waals surface area contributed by atoms with Crippen molar-refractivity contribution in [2.75, 3.05) is 5.32 Å². The molecule has 0 aliphatic carbocycles. The number of aryl methyl sites for hydroxylation is 1. The third kappa shape index (κ3) is 2.81. The molecular weight excluding hydrogens is 259 g/mol. The Bertz CT molecular complexity index is 564. The highest BCUT2D eigenvalue weighted by Crippen LogP contribution is 2.19. The van der Waals surface area contributed by atoms with Crippen LogP contribution in [0, 0.1) is 0 Å². The Morgan fingerprint density at radius 3 is 2.35 bits per heavy atom. The molecular formula is C12H10Cl2N2O. The van der Waals surface area contributed by atoms with E-state index in [1.165, 1.54) is 4.57 Å². The summed E-state index contributed by atoms with van der Waals surface area (Å²) in [5.41, 5.74) is 1.41. The molecule has 0 fully saturated rings. The van der Waals surface area contributed by atoms with E-state index >= 15 is 0 Å². The molecule has 0 saturated carbocycles. The van der Waals surface area contributed by atoms with Gasteiger partial charge >= 0.3 is 0 Å². The minimum absolute atomic E-state index is 0.187. The molecule has 17 heavy (non-hydrogen) atoms. The summed E-state index contributed by atoms with van der Waals surface area (Å²) in [6, 6.07) is 8.86. The van der Waals surface area contributed by atoms with E-state index in [4.69, 9.17) is 23.2 Å². The number of anilines is 2. The second-order valence-corrected chi connectivity index (χ2v) is 4.47. The van der Waals surface area contributed by atoms with Gasteiger partial charge in [-0.05, 0) is 30.3 Å². The van der Waals surface area contributed by atoms with Crippen molar-refractivity contribution in [3.63, 3.8) is 0 Å². The Morgan fingerprint density at radius 2 is 1.76 bits per heavy atom. The zero-order valence-electron chi connectivity index (χ0n) is 9.08. The second kappa shape index (κ2) is 4.82. The van der Waals surface area contributed by atoms with Crippen LogP contribution in [-0.2, 0) is 7.05 Å². The Hall–Kier alpha value is -1.45. The normalized spacial score (nSPS) is 10.3. The van der Waals surface area contributed by atoms with Crippen LogP contribution >= 0.6 is 23.2 Å². The Kier molecular flexibility index (Phi) is 3.41. The first kappa shape index (κ1) is 12.0. The average Bonchev–Trinajstić information content (AvgIpc) is 2.29. The van der Waals surface area contributed by atoms with E-state index in [0.29, 0.717) is 5.02 Å². The summed E-state index contributed by atoms with van der Waals surface area (Å²) in [4.78, 5) is 11.4. The third-order valence-corrected chi connectivity index (χ3v) is 2.80. The number of rotatable bonds is 2. The van der Waals surface area contributed by atoms with Gasteiger partial charge in [0.05, 0.1) is 5.69 Å². The van der Waals surface area contributed by atoms with Gasteiger partial charge in [0.2, 0.25) is 0 Å². The molecule has 1 heterocycles. The molecule has 2 aromatic rings. The van der Waals surface area contributed by atoms with E-state index in [0.717, 1.165) is 11.4 Å². The summed E-state index contributed by atoms with van der Waals surface area (Å²) >= 11 is 11.6. The van der Waals surface area contributed by atoms with E-state index in [-0.39, 0.29) is 10.6 Å². The van der Waals surface area contributed by atoms with Crippen molar-refractivity contribution >= 4 is 34.6 Å². The SMILES string of the molecule is Cn1cc(Nc2ccc(Cl)cc2)cc(Cl)c1=O. The number of nitrogens with one attached hydrogen (secondary N) is 1. The number of pyridine rings is 1. The molecule has 0 unspecified atom stereocenters. The number of hydrogen-bond donors (Lipinski definition) is 1. The van der Waals surface area contributed by atoms with Crippen LogP contribution in [0.2, 0.25) is 10.0 Å². The smallest absolute Gasteiger partial charge is 0.269 e. The van der Waals surface area contributed by atoms with Crippen LogP contribution in [0.25, 0.3) is 0 Å². The maximum absolute atomic E-state index is 11.4. The number of hydrogen-bond acceptors (Lipinski definition) is 2. The first-order chi connectivity index (χ1) is 8.06. The van der Waals surface area contributed by atoms with Crippen molar-refractivity contribution in [1.29, 1.82) is 0 Å². The Balaban J connectivity index is 2.30. The predicted octanol–water partition coefficient (Wildman–Crippen LogP) is 3.44. The van der Waals surface area contributed by atoms with Gasteiger partial charge in [-0.3, -0.25) is 4.79 Å². The monoisotopic (exact) mass is 268 g/mol. The minimum Gasteiger partial charge on any atom is -0.354 e. The summed E-state index contributed by atoms with van der Waals surface area (Å²) in [6.45, 7) is 0. The number of halogens is 2. The van der Waals surface area contributed by atoms with Gasteiger partial charge in [0.25, 0.3) is 5.56 Å². The van der Waals surface area contributed by atoms with E-state index in [2.05, 4.69) is 5.32 Å². The fourth-order valence-electron chi connectivity index (χ4n) is 1.44. The van der Waals surface area contributed by atoms with Crippen LogP contribution in [-0.4, -0.2) is 4.57 Å². The van der Waals surface area contributed by atoms with Gasteiger partial charge in [0, 0.05) is 24.0 Å². The number of aromatic nitrogens is 1. The highest BCUT2D eigenvalue weighted by Gasteiger charge is 2.02. The van der Waals surface area contributed by atoms with Crippen molar-refractivity contribution in [3.05, 3.63) is 56.9 Å². The first-order valence-corrected chi connectivity index (χ1v) is 5.70. The van der Waals surface area contributed by atoms with Crippen LogP contribution in [0.5, 0.6) is 0 Å². The molecule has 0 atom stereocenters. The highest BCUT2D eigenvalue weighted by atomic mass is 35.5. The first-order valence-electron chi connectivity index (χ1n) is 4.95. The minimum atomic E-state index is -0.215. The molecule has 2 rings (SSSR count). The fraction of sp³-hybridized carbons (Fsp3) is 0.0833. The molecule has 0 spiro atoms. The largest absolute Gasteiger partial charge is 0.354 e. The van der Waals surface area contributed by atoms with Crippen molar-refractivity contribution in [2.24, 2.45) is 7.05 Å². The highest BCUT2D eigenvalue weighted by molar-refractivity contribution is 6.31. The molecule has 0 bridgehead atoms. The van der Waals surface area contributed by atoms with Crippen molar-refractivity contribution in [2.45, 2.75) is 0 Å². The van der Waals surface area contributed by atoms with Gasteiger partial charge in [-0.1, -0.05) is 23.2 Å². The lowest BCUT2D eigenvalue weighted by molar-refractivity contribution is 0.862. The molecule has 1 N–H and O–H groups in total. The maximum atomic E-state index is 11.4. The number of nitrogens with zero attached hydrogens (tertiary/aromatic N) is 1. The van der Waals surface area contributed by atoms with Crippen LogP contribution < -0.4 is 10.9 Å². The predicted molar refractivity (Wildman–Crippen MR) is 71.4 cm³/mol. The van der Waals surface area contributed by atoms with E-state index in [1.54, 1.807) is 31.4 Å². The van der Waals surface area contributed by atoms with Crippen molar-refractivity contribution in [1.82, 2.24) is 4.57 Å². The summed E-state index contributed by atoms with van der Waals surface area (Å²) in [5.74, 6) is 0. The zero-order valence-corrected chi connectivity index (χ0v) is 10.6. The van der Waals surface area contributed by atoms with Gasteiger partial charge in [0.1, 0.15) is 5.02 Å². The molecule has 0 radical (unpaired) electrons. The summed E-state index contributed by atoms with van der Waals surface area (Å²) in [6.07, 6.45) is 1.68. The lowest BCUT2D eigenvalue weighted by Crippen LogP contribution is -2.16. The van der Waals surface area contributed by atoms with Crippen molar-refractivity contribution < 1.29 is 0 Å². The van der Waals surface area contributed by atoms with Crippen LogP contribution in [0.15, 0.2) is 41.3 Å². The average molecular weight is 269 g/mol. The van der Waals surface area contributed by atoms with Crippen LogP contribution in [0.4, 0.5) is 11.4 Å². The van der Waals surface area contributed by atoms with E-state index in [9.17, 15) is 4.79 Å². The quantitative estimate of drug-likeness (QED) is 0.906. The lowest BCUT2D eigenvalue weighted by atomic mass is 10.3. The van der Waals surface area contributed by atoms with E-state index in [1.807, 2.05) is 12.1 Å². The standard InChI is InChI=1S/C12H10Cl2N2O/c1-16-7-10(6-11(14)12(16)17)15-9-4-2-8(13)3-5-9/h2-7,15H,1H3. The molecule has 0 aliphatic rings. The van der Waals surface area contributed by atoms with Gasteiger partial charge in [-0.2, -0.15) is 0 Å². The molecule has 88 valence electrons. The molecule has 3 nitrogen and oxygen atoms in total. The lowest BCUT2D eigenvalue weighted by Gasteiger charge is -2.08. The van der Waals surface area contributed by atoms with Gasteiger partial charge in [-0.15, -0.1) is 0 Å². The molecule has 0 saturated heterocycles. The van der Waals surface area contributed by atoms with Gasteiger partial charge in [-0.25, -0.2) is 0 Å². The van der Waals surface area contributed by atoms with Crippen LogP contribution in [0.3, 0.4) is 0 Å². The summed E-state index contributed by atoms with van der Waals surface area (Å²) in [5, 5.41) is 4.00. The van der Waals surface area contributed by atoms with E-state index < -0.39 is 0 Å². The molecule has 5 heteroatoms. The molecule has 0 amide bonds.